The summed E-state index contributed by atoms with van der Waals surface area (Å²) in [6.07, 6.45) is 10.7. The number of esters is 1. The van der Waals surface area contributed by atoms with E-state index in [1.165, 1.54) is 6.42 Å². The largest absolute Gasteiger partial charge is 0.462 e. The van der Waals surface area contributed by atoms with Gasteiger partial charge in [0.2, 0.25) is 0 Å². The van der Waals surface area contributed by atoms with Crippen molar-refractivity contribution < 1.29 is 9.53 Å². The summed E-state index contributed by atoms with van der Waals surface area (Å²) in [4.78, 5) is 11.1. The van der Waals surface area contributed by atoms with E-state index in [9.17, 15) is 4.79 Å². The zero-order chi connectivity index (χ0) is 9.10. The fraction of sp³-hybridized carbons (Fsp3) is 0.545. The Morgan fingerprint density at radius 3 is 3.00 bits per heavy atom. The highest BCUT2D eigenvalue weighted by Gasteiger charge is 2.20. The van der Waals surface area contributed by atoms with Crippen LogP contribution in [-0.4, -0.2) is 12.6 Å². The normalized spacial score (nSPS) is 30.9. The maximum Gasteiger partial charge on any atom is 0.333 e. The van der Waals surface area contributed by atoms with Crippen LogP contribution >= 0.6 is 0 Å². The SMILES string of the molecule is O=C1OCCC1=CC1CC=CCC1. The first-order chi connectivity index (χ1) is 6.36. The molecule has 0 radical (unpaired) electrons. The third kappa shape index (κ3) is 2.00. The van der Waals surface area contributed by atoms with Crippen LogP contribution in [-0.2, 0) is 9.53 Å². The Hall–Kier alpha value is -1.05. The molecular weight excluding hydrogens is 164 g/mol. The predicted octanol–water partition coefficient (Wildman–Crippen LogP) is 2.22. The Morgan fingerprint density at radius 1 is 1.46 bits per heavy atom. The van der Waals surface area contributed by atoms with Crippen molar-refractivity contribution in [2.24, 2.45) is 5.92 Å². The number of hydrogen-bond acceptors (Lipinski definition) is 2. The molecule has 13 heavy (non-hydrogen) atoms. The van der Waals surface area contributed by atoms with Gasteiger partial charge in [-0.25, -0.2) is 4.79 Å². The highest BCUT2D eigenvalue weighted by Crippen LogP contribution is 2.23. The summed E-state index contributed by atoms with van der Waals surface area (Å²) in [6, 6.07) is 0. The minimum Gasteiger partial charge on any atom is -0.462 e. The molecule has 0 aromatic rings. The number of allylic oxidation sites excluding steroid dienone is 3. The summed E-state index contributed by atoms with van der Waals surface area (Å²) in [6.45, 7) is 0.577. The van der Waals surface area contributed by atoms with Crippen LogP contribution < -0.4 is 0 Å². The zero-order valence-electron chi connectivity index (χ0n) is 7.66. The molecule has 1 aliphatic heterocycles. The van der Waals surface area contributed by atoms with Crippen molar-refractivity contribution in [3.63, 3.8) is 0 Å². The second-order valence-electron chi connectivity index (χ2n) is 3.62. The average molecular weight is 178 g/mol. The number of ether oxygens (including phenoxy) is 1. The average Bonchev–Trinajstić information content (AvgIpc) is 2.54. The maximum atomic E-state index is 11.1. The number of rotatable bonds is 1. The highest BCUT2D eigenvalue weighted by atomic mass is 16.5. The molecule has 0 aromatic heterocycles. The van der Waals surface area contributed by atoms with E-state index >= 15 is 0 Å². The summed E-state index contributed by atoms with van der Waals surface area (Å²) in [5.41, 5.74) is 0.889. The first kappa shape index (κ1) is 8.54. The van der Waals surface area contributed by atoms with Crippen LogP contribution in [0.5, 0.6) is 0 Å². The Kier molecular flexibility index (Phi) is 2.48. The van der Waals surface area contributed by atoms with E-state index in [-0.39, 0.29) is 5.97 Å². The molecule has 1 saturated heterocycles. The number of carbonyl (C=O) groups excluding carboxylic acids is 1. The van der Waals surface area contributed by atoms with Crippen LogP contribution in [0.3, 0.4) is 0 Å². The molecule has 0 N–H and O–H groups in total. The molecule has 1 fully saturated rings. The monoisotopic (exact) mass is 178 g/mol. The fourth-order valence-corrected chi connectivity index (χ4v) is 1.85. The smallest absolute Gasteiger partial charge is 0.333 e. The number of hydrogen-bond donors (Lipinski definition) is 0. The lowest BCUT2D eigenvalue weighted by Gasteiger charge is -2.13. The molecular formula is C11H14O2. The van der Waals surface area contributed by atoms with Gasteiger partial charge in [0.1, 0.15) is 0 Å². The molecule has 2 rings (SSSR count). The molecule has 0 bridgehead atoms. The Balaban J connectivity index is 2.01. The van der Waals surface area contributed by atoms with Crippen molar-refractivity contribution in [3.8, 4) is 0 Å². The van der Waals surface area contributed by atoms with Gasteiger partial charge < -0.3 is 4.74 Å². The van der Waals surface area contributed by atoms with Crippen molar-refractivity contribution in [3.05, 3.63) is 23.8 Å². The van der Waals surface area contributed by atoms with E-state index in [4.69, 9.17) is 4.74 Å². The van der Waals surface area contributed by atoms with E-state index < -0.39 is 0 Å². The second-order valence-corrected chi connectivity index (χ2v) is 3.62. The van der Waals surface area contributed by atoms with Crippen LogP contribution in [0, 0.1) is 5.92 Å². The molecule has 0 spiro atoms. The molecule has 1 aliphatic carbocycles. The van der Waals surface area contributed by atoms with Gasteiger partial charge in [0.25, 0.3) is 0 Å². The summed E-state index contributed by atoms with van der Waals surface area (Å²) < 4.78 is 4.88. The third-order valence-corrected chi connectivity index (χ3v) is 2.61. The quantitative estimate of drug-likeness (QED) is 0.349. The summed E-state index contributed by atoms with van der Waals surface area (Å²) in [5.74, 6) is 0.459. The predicted molar refractivity (Wildman–Crippen MR) is 50.1 cm³/mol. The third-order valence-electron chi connectivity index (χ3n) is 2.61. The van der Waals surface area contributed by atoms with Crippen LogP contribution in [0.4, 0.5) is 0 Å². The molecule has 0 saturated carbocycles. The highest BCUT2D eigenvalue weighted by molar-refractivity contribution is 5.90. The van der Waals surface area contributed by atoms with Crippen molar-refractivity contribution in [2.75, 3.05) is 6.61 Å². The molecule has 1 heterocycles. The van der Waals surface area contributed by atoms with Gasteiger partial charge >= 0.3 is 5.97 Å². The van der Waals surface area contributed by atoms with Crippen molar-refractivity contribution in [1.29, 1.82) is 0 Å². The zero-order valence-corrected chi connectivity index (χ0v) is 7.66. The van der Waals surface area contributed by atoms with Crippen LogP contribution in [0.2, 0.25) is 0 Å². The molecule has 0 aromatic carbocycles. The lowest BCUT2D eigenvalue weighted by atomic mass is 9.92. The van der Waals surface area contributed by atoms with Gasteiger partial charge in [-0.15, -0.1) is 0 Å². The molecule has 1 unspecified atom stereocenters. The summed E-state index contributed by atoms with van der Waals surface area (Å²) in [7, 11) is 0. The van der Waals surface area contributed by atoms with Gasteiger partial charge in [-0.1, -0.05) is 18.2 Å². The topological polar surface area (TPSA) is 26.3 Å². The Labute approximate surface area is 78.3 Å². The van der Waals surface area contributed by atoms with Crippen LogP contribution in [0.15, 0.2) is 23.8 Å². The molecule has 0 amide bonds. The van der Waals surface area contributed by atoms with Crippen molar-refractivity contribution in [1.82, 2.24) is 0 Å². The molecule has 1 atom stereocenters. The van der Waals surface area contributed by atoms with Gasteiger partial charge in [-0.2, -0.15) is 0 Å². The number of carbonyl (C=O) groups is 1. The van der Waals surface area contributed by atoms with Crippen LogP contribution in [0.25, 0.3) is 0 Å². The maximum absolute atomic E-state index is 11.1. The number of cyclic esters (lactones) is 1. The summed E-state index contributed by atoms with van der Waals surface area (Å²) in [5, 5.41) is 0. The summed E-state index contributed by atoms with van der Waals surface area (Å²) >= 11 is 0. The van der Waals surface area contributed by atoms with Gasteiger partial charge in [0.15, 0.2) is 0 Å². The standard InChI is InChI=1S/C11H14O2/c12-11-10(6-7-13-11)8-9-4-2-1-3-5-9/h1-2,8-9H,3-7H2. The fourth-order valence-electron chi connectivity index (χ4n) is 1.85. The Bertz CT molecular complexity index is 263. The first-order valence-corrected chi connectivity index (χ1v) is 4.89. The molecule has 2 aliphatic rings. The van der Waals surface area contributed by atoms with Gasteiger partial charge in [0.05, 0.1) is 6.61 Å². The van der Waals surface area contributed by atoms with Gasteiger partial charge in [0, 0.05) is 12.0 Å². The van der Waals surface area contributed by atoms with Crippen molar-refractivity contribution in [2.45, 2.75) is 25.7 Å². The minimum absolute atomic E-state index is 0.102. The van der Waals surface area contributed by atoms with E-state index in [0.717, 1.165) is 24.8 Å². The lowest BCUT2D eigenvalue weighted by Crippen LogP contribution is -2.02. The van der Waals surface area contributed by atoms with E-state index in [1.54, 1.807) is 0 Å². The minimum atomic E-state index is -0.102. The Morgan fingerprint density at radius 2 is 2.38 bits per heavy atom. The van der Waals surface area contributed by atoms with Crippen molar-refractivity contribution >= 4 is 5.97 Å². The van der Waals surface area contributed by atoms with Gasteiger partial charge in [-0.3, -0.25) is 0 Å². The second kappa shape index (κ2) is 3.77. The molecule has 2 heteroatoms. The van der Waals surface area contributed by atoms with Crippen LogP contribution in [0.1, 0.15) is 25.7 Å². The molecule has 2 nitrogen and oxygen atoms in total. The van der Waals surface area contributed by atoms with Gasteiger partial charge in [-0.05, 0) is 25.2 Å². The molecule has 70 valence electrons. The lowest BCUT2D eigenvalue weighted by molar-refractivity contribution is -0.135. The van der Waals surface area contributed by atoms with E-state index in [0.29, 0.717) is 12.5 Å². The van der Waals surface area contributed by atoms with E-state index in [2.05, 4.69) is 18.2 Å². The van der Waals surface area contributed by atoms with E-state index in [1.807, 2.05) is 0 Å². The first-order valence-electron chi connectivity index (χ1n) is 4.89.